The van der Waals surface area contributed by atoms with Crippen molar-refractivity contribution in [2.24, 2.45) is 7.05 Å². The summed E-state index contributed by atoms with van der Waals surface area (Å²) in [6, 6.07) is 15.8. The monoisotopic (exact) mass is 432 g/mol. The zero-order valence-corrected chi connectivity index (χ0v) is 18.4. The van der Waals surface area contributed by atoms with Gasteiger partial charge in [0.15, 0.2) is 0 Å². The maximum absolute atomic E-state index is 13.2. The van der Waals surface area contributed by atoms with Gasteiger partial charge >= 0.3 is 0 Å². The van der Waals surface area contributed by atoms with Crippen molar-refractivity contribution in [3.8, 4) is 11.3 Å². The zero-order chi connectivity index (χ0) is 22.8. The number of nitrogens with one attached hydrogen (secondary N) is 1. The number of benzene rings is 2. The fourth-order valence-corrected chi connectivity index (χ4v) is 3.83. The smallest absolute Gasteiger partial charge is 0.277 e. The van der Waals surface area contributed by atoms with Gasteiger partial charge in [0.1, 0.15) is 11.5 Å². The van der Waals surface area contributed by atoms with E-state index in [4.69, 9.17) is 0 Å². The number of fused-ring (bicyclic) bond motifs is 1. The van der Waals surface area contributed by atoms with E-state index in [1.165, 1.54) is 16.6 Å². The predicted molar refractivity (Wildman–Crippen MR) is 122 cm³/mol. The van der Waals surface area contributed by atoms with Gasteiger partial charge < -0.3 is 9.88 Å². The summed E-state index contributed by atoms with van der Waals surface area (Å²) in [6.45, 7) is 4.21. The highest BCUT2D eigenvalue weighted by atomic mass is 19.1. The SMILES string of the molecule is Cc1ccccc1-c1cc2n(C)c(C)c(CCC(=O)NCc3ccc(F)cc3)c(=O)n2n1. The maximum atomic E-state index is 13.2. The van der Waals surface area contributed by atoms with E-state index in [1.54, 1.807) is 12.1 Å². The first kappa shape index (κ1) is 21.5. The summed E-state index contributed by atoms with van der Waals surface area (Å²) in [5.74, 6) is -0.483. The van der Waals surface area contributed by atoms with Crippen molar-refractivity contribution < 1.29 is 9.18 Å². The molecular formula is C25H25FN4O2. The third-order valence-electron chi connectivity index (χ3n) is 5.85. The van der Waals surface area contributed by atoms with Crippen molar-refractivity contribution in [1.29, 1.82) is 0 Å². The molecule has 4 rings (SSSR count). The van der Waals surface area contributed by atoms with Crippen LogP contribution in [0.3, 0.4) is 0 Å². The number of hydrogen-bond donors (Lipinski definition) is 1. The maximum Gasteiger partial charge on any atom is 0.277 e. The molecule has 0 spiro atoms. The fraction of sp³-hybridized carbons (Fsp3) is 0.240. The predicted octanol–water partition coefficient (Wildman–Crippen LogP) is 3.70. The van der Waals surface area contributed by atoms with E-state index >= 15 is 0 Å². The molecule has 1 N–H and O–H groups in total. The lowest BCUT2D eigenvalue weighted by atomic mass is 10.1. The summed E-state index contributed by atoms with van der Waals surface area (Å²) in [5.41, 5.74) is 5.49. The number of hydrogen-bond acceptors (Lipinski definition) is 3. The lowest BCUT2D eigenvalue weighted by Gasteiger charge is -2.12. The Labute approximate surface area is 185 Å². The van der Waals surface area contributed by atoms with Gasteiger partial charge in [-0.3, -0.25) is 9.59 Å². The van der Waals surface area contributed by atoms with E-state index in [9.17, 15) is 14.0 Å². The Morgan fingerprint density at radius 2 is 1.81 bits per heavy atom. The van der Waals surface area contributed by atoms with Crippen molar-refractivity contribution in [3.05, 3.63) is 93.2 Å². The Morgan fingerprint density at radius 1 is 1.09 bits per heavy atom. The molecule has 7 heteroatoms. The summed E-state index contributed by atoms with van der Waals surface area (Å²) >= 11 is 0. The topological polar surface area (TPSA) is 68.4 Å². The highest BCUT2D eigenvalue weighted by Gasteiger charge is 2.17. The third kappa shape index (κ3) is 4.19. The van der Waals surface area contributed by atoms with E-state index in [1.807, 2.05) is 55.8 Å². The average molecular weight is 432 g/mol. The normalized spacial score (nSPS) is 11.1. The van der Waals surface area contributed by atoms with Crippen LogP contribution in [0.2, 0.25) is 0 Å². The van der Waals surface area contributed by atoms with Crippen molar-refractivity contribution in [2.45, 2.75) is 33.2 Å². The van der Waals surface area contributed by atoms with Crippen LogP contribution in [0.5, 0.6) is 0 Å². The van der Waals surface area contributed by atoms with Crippen molar-refractivity contribution in [3.63, 3.8) is 0 Å². The molecule has 0 aliphatic heterocycles. The molecule has 0 radical (unpaired) electrons. The second kappa shape index (κ2) is 8.78. The molecule has 0 atom stereocenters. The summed E-state index contributed by atoms with van der Waals surface area (Å²) < 4.78 is 16.4. The molecule has 6 nitrogen and oxygen atoms in total. The van der Waals surface area contributed by atoms with Gasteiger partial charge in [0.05, 0.1) is 5.69 Å². The molecule has 0 fully saturated rings. The van der Waals surface area contributed by atoms with Gasteiger partial charge in [0.25, 0.3) is 5.56 Å². The van der Waals surface area contributed by atoms with E-state index in [0.717, 1.165) is 28.1 Å². The molecule has 2 aromatic heterocycles. The minimum absolute atomic E-state index is 0.170. The van der Waals surface area contributed by atoms with E-state index in [0.29, 0.717) is 24.2 Å². The van der Waals surface area contributed by atoms with E-state index < -0.39 is 0 Å². The second-order valence-corrected chi connectivity index (χ2v) is 7.95. The first-order chi connectivity index (χ1) is 15.3. The molecule has 0 aliphatic carbocycles. The Balaban J connectivity index is 1.55. The number of carbonyl (C=O) groups is 1. The number of aryl methyl sites for hydroxylation is 2. The molecular weight excluding hydrogens is 407 g/mol. The van der Waals surface area contributed by atoms with Crippen LogP contribution in [0.1, 0.15) is 28.8 Å². The first-order valence-electron chi connectivity index (χ1n) is 10.5. The fourth-order valence-electron chi connectivity index (χ4n) is 3.83. The highest BCUT2D eigenvalue weighted by molar-refractivity contribution is 5.76. The molecule has 0 aliphatic rings. The molecule has 1 amide bonds. The van der Waals surface area contributed by atoms with Crippen LogP contribution in [-0.2, 0) is 24.8 Å². The molecule has 32 heavy (non-hydrogen) atoms. The lowest BCUT2D eigenvalue weighted by molar-refractivity contribution is -0.121. The molecule has 4 aromatic rings. The van der Waals surface area contributed by atoms with Crippen LogP contribution in [-0.4, -0.2) is 20.1 Å². The molecule has 0 saturated carbocycles. The minimum Gasteiger partial charge on any atom is -0.352 e. The van der Waals surface area contributed by atoms with Crippen LogP contribution >= 0.6 is 0 Å². The third-order valence-corrected chi connectivity index (χ3v) is 5.85. The largest absolute Gasteiger partial charge is 0.352 e. The molecule has 0 saturated heterocycles. The standard InChI is InChI=1S/C25H25FN4O2/c1-16-6-4-5-7-20(16)22-14-24-29(3)17(2)21(25(32)30(24)28-22)12-13-23(31)27-15-18-8-10-19(26)11-9-18/h4-11,14H,12-13,15H2,1-3H3,(H,27,31). The van der Waals surface area contributed by atoms with Gasteiger partial charge in [-0.1, -0.05) is 36.4 Å². The zero-order valence-electron chi connectivity index (χ0n) is 18.4. The number of carbonyl (C=O) groups excluding carboxylic acids is 1. The Bertz CT molecular complexity index is 1350. The molecule has 2 heterocycles. The van der Waals surface area contributed by atoms with Crippen molar-refractivity contribution in [2.75, 3.05) is 0 Å². The van der Waals surface area contributed by atoms with Crippen molar-refractivity contribution in [1.82, 2.24) is 19.5 Å². The lowest BCUT2D eigenvalue weighted by Crippen LogP contribution is -2.27. The Morgan fingerprint density at radius 3 is 2.53 bits per heavy atom. The quantitative estimate of drug-likeness (QED) is 0.505. The minimum atomic E-state index is -0.314. The number of rotatable bonds is 6. The van der Waals surface area contributed by atoms with Gasteiger partial charge in [0.2, 0.25) is 5.91 Å². The highest BCUT2D eigenvalue weighted by Crippen LogP contribution is 2.23. The summed E-state index contributed by atoms with van der Waals surface area (Å²) in [7, 11) is 1.89. The van der Waals surface area contributed by atoms with Crippen LogP contribution in [0.25, 0.3) is 16.9 Å². The van der Waals surface area contributed by atoms with Gasteiger partial charge in [-0.15, -0.1) is 0 Å². The van der Waals surface area contributed by atoms with Gasteiger partial charge in [-0.05, 0) is 43.5 Å². The number of halogens is 1. The van der Waals surface area contributed by atoms with Gasteiger partial charge in [-0.25, -0.2) is 4.39 Å². The molecule has 164 valence electrons. The van der Waals surface area contributed by atoms with Crippen LogP contribution in [0, 0.1) is 19.7 Å². The summed E-state index contributed by atoms with van der Waals surface area (Å²) in [4.78, 5) is 25.5. The van der Waals surface area contributed by atoms with Gasteiger partial charge in [0, 0.05) is 42.9 Å². The van der Waals surface area contributed by atoms with E-state index in [2.05, 4.69) is 10.4 Å². The Hall–Kier alpha value is -3.74. The number of aromatic nitrogens is 3. The van der Waals surface area contributed by atoms with E-state index in [-0.39, 0.29) is 23.7 Å². The van der Waals surface area contributed by atoms with Gasteiger partial charge in [-0.2, -0.15) is 9.61 Å². The summed E-state index contributed by atoms with van der Waals surface area (Å²) in [5, 5.41) is 7.39. The average Bonchev–Trinajstić information content (AvgIpc) is 3.23. The molecule has 2 aromatic carbocycles. The summed E-state index contributed by atoms with van der Waals surface area (Å²) in [6.07, 6.45) is 0.484. The number of amides is 1. The Kier molecular flexibility index (Phi) is 5.90. The molecule has 0 unspecified atom stereocenters. The second-order valence-electron chi connectivity index (χ2n) is 7.95. The van der Waals surface area contributed by atoms with Crippen molar-refractivity contribution >= 4 is 11.6 Å². The first-order valence-corrected chi connectivity index (χ1v) is 10.5. The van der Waals surface area contributed by atoms with Crippen LogP contribution in [0.15, 0.2) is 59.4 Å². The van der Waals surface area contributed by atoms with Crippen LogP contribution < -0.4 is 10.9 Å². The molecule has 0 bridgehead atoms. The number of nitrogens with zero attached hydrogens (tertiary/aromatic N) is 3. The van der Waals surface area contributed by atoms with Crippen LogP contribution in [0.4, 0.5) is 4.39 Å².